The number of carbonyl (C=O) groups excluding carboxylic acids is 1. The Morgan fingerprint density at radius 3 is 2.73 bits per heavy atom. The van der Waals surface area contributed by atoms with Crippen LogP contribution in [0.4, 0.5) is 4.79 Å². The summed E-state index contributed by atoms with van der Waals surface area (Å²) in [6.07, 6.45) is 0.848. The number of rotatable bonds is 1. The van der Waals surface area contributed by atoms with E-state index in [1.807, 2.05) is 0 Å². The van der Waals surface area contributed by atoms with Crippen LogP contribution in [0.3, 0.4) is 0 Å². The number of carbonyl (C=O) groups is 1. The molecule has 0 spiro atoms. The minimum atomic E-state index is -0.828. The summed E-state index contributed by atoms with van der Waals surface area (Å²) in [6, 6.07) is 6.46. The Hall–Kier alpha value is -2.41. The van der Waals surface area contributed by atoms with Crippen LogP contribution >= 0.6 is 0 Å². The van der Waals surface area contributed by atoms with Crippen LogP contribution in [0.1, 0.15) is 25.5 Å². The number of nitrogens with zero attached hydrogens (tertiary/aromatic N) is 2. The lowest BCUT2D eigenvalue weighted by molar-refractivity contribution is -0.0368. The first kappa shape index (κ1) is 14.5. The molecule has 0 N–H and O–H groups in total. The zero-order valence-electron chi connectivity index (χ0n) is 12.2. The Bertz CT molecular complexity index is 830. The van der Waals surface area contributed by atoms with Gasteiger partial charge >= 0.3 is 11.8 Å². The highest BCUT2D eigenvalue weighted by Crippen LogP contribution is 2.20. The van der Waals surface area contributed by atoms with Gasteiger partial charge < -0.3 is 9.47 Å². The van der Waals surface area contributed by atoms with Crippen LogP contribution in [0.5, 0.6) is 0 Å². The lowest BCUT2D eigenvalue weighted by atomic mass is 10.2. The Balaban J connectivity index is 2.35. The second kappa shape index (κ2) is 5.76. The molecule has 7 heteroatoms. The van der Waals surface area contributed by atoms with Crippen molar-refractivity contribution in [2.45, 2.75) is 25.5 Å². The summed E-state index contributed by atoms with van der Waals surface area (Å²) in [5.74, 6) is 0. The molecule has 22 heavy (non-hydrogen) atoms. The average molecular weight is 304 g/mol. The monoisotopic (exact) mass is 304 g/mol. The molecule has 0 bridgehead atoms. The lowest BCUT2D eigenvalue weighted by Gasteiger charge is -2.24. The van der Waals surface area contributed by atoms with Crippen LogP contribution in [0.25, 0.3) is 10.9 Å². The van der Waals surface area contributed by atoms with Gasteiger partial charge in [-0.3, -0.25) is 4.79 Å². The summed E-state index contributed by atoms with van der Waals surface area (Å²) in [5, 5.41) is 0.279. The van der Waals surface area contributed by atoms with Crippen molar-refractivity contribution in [3.05, 3.63) is 45.1 Å². The van der Waals surface area contributed by atoms with Gasteiger partial charge in [0.15, 0.2) is 0 Å². The van der Waals surface area contributed by atoms with Gasteiger partial charge in [-0.25, -0.2) is 14.2 Å². The molecule has 1 aliphatic rings. The fourth-order valence-corrected chi connectivity index (χ4v) is 2.73. The maximum atomic E-state index is 12.6. The Morgan fingerprint density at radius 2 is 2.05 bits per heavy atom. The number of aromatic nitrogens is 2. The van der Waals surface area contributed by atoms with Crippen LogP contribution in [-0.4, -0.2) is 28.9 Å². The molecular formula is C15H16N2O5. The van der Waals surface area contributed by atoms with Crippen LogP contribution in [0.2, 0.25) is 0 Å². The van der Waals surface area contributed by atoms with Crippen molar-refractivity contribution in [3.8, 4) is 0 Å². The molecule has 2 heterocycles. The minimum absolute atomic E-state index is 0.233. The maximum absolute atomic E-state index is 12.6. The third-order valence-electron chi connectivity index (χ3n) is 3.79. The molecule has 0 saturated carbocycles. The predicted molar refractivity (Wildman–Crippen MR) is 79.1 cm³/mol. The minimum Gasteiger partial charge on any atom is -0.452 e. The fraction of sp³-hybridized carbons (Fsp3) is 0.400. The normalized spacial score (nSPS) is 18.3. The van der Waals surface area contributed by atoms with Gasteiger partial charge in [0.05, 0.1) is 18.0 Å². The number of para-hydroxylation sites is 1. The first-order chi connectivity index (χ1) is 10.6. The lowest BCUT2D eigenvalue weighted by Crippen LogP contribution is -2.45. The van der Waals surface area contributed by atoms with Crippen molar-refractivity contribution >= 4 is 17.0 Å². The molecule has 0 aliphatic carbocycles. The van der Waals surface area contributed by atoms with Gasteiger partial charge in [0.2, 0.25) is 0 Å². The van der Waals surface area contributed by atoms with Gasteiger partial charge in [0.25, 0.3) is 5.56 Å². The molecule has 1 fully saturated rings. The standard InChI is InChI=1S/C15H16N2O5/c1-21-15(20)16-11-7-3-2-6-10(11)13(18)17(14(16)19)12-8-4-5-9-22-12/h2-3,6-7,12H,4-5,8-9H2,1H3. The number of ether oxygens (including phenoxy) is 2. The number of fused-ring (bicyclic) bond motifs is 1. The van der Waals surface area contributed by atoms with Crippen LogP contribution in [-0.2, 0) is 9.47 Å². The predicted octanol–water partition coefficient (Wildman–Crippen LogP) is 1.48. The van der Waals surface area contributed by atoms with E-state index < -0.39 is 23.6 Å². The molecule has 0 radical (unpaired) electrons. The van der Waals surface area contributed by atoms with Crippen LogP contribution < -0.4 is 11.2 Å². The molecule has 1 aromatic heterocycles. The molecule has 0 amide bonds. The van der Waals surface area contributed by atoms with Crippen molar-refractivity contribution in [2.75, 3.05) is 13.7 Å². The molecule has 1 aromatic carbocycles. The Morgan fingerprint density at radius 1 is 1.27 bits per heavy atom. The van der Waals surface area contributed by atoms with Crippen molar-refractivity contribution < 1.29 is 14.3 Å². The van der Waals surface area contributed by atoms with E-state index in [2.05, 4.69) is 4.74 Å². The average Bonchev–Trinajstić information content (AvgIpc) is 2.56. The van der Waals surface area contributed by atoms with Gasteiger partial charge in [-0.1, -0.05) is 12.1 Å². The van der Waals surface area contributed by atoms with Crippen molar-refractivity contribution in [2.24, 2.45) is 0 Å². The summed E-state index contributed by atoms with van der Waals surface area (Å²) in [6.45, 7) is 0.488. The smallest absolute Gasteiger partial charge is 0.422 e. The Kier molecular flexibility index (Phi) is 3.81. The summed E-state index contributed by atoms with van der Waals surface area (Å²) < 4.78 is 12.1. The third-order valence-corrected chi connectivity index (χ3v) is 3.79. The second-order valence-electron chi connectivity index (χ2n) is 5.10. The highest BCUT2D eigenvalue weighted by Gasteiger charge is 2.24. The van der Waals surface area contributed by atoms with Crippen LogP contribution in [0.15, 0.2) is 33.9 Å². The van der Waals surface area contributed by atoms with E-state index in [1.54, 1.807) is 24.3 Å². The van der Waals surface area contributed by atoms with E-state index in [0.717, 1.165) is 22.0 Å². The van der Waals surface area contributed by atoms with Crippen molar-refractivity contribution in [1.29, 1.82) is 0 Å². The molecule has 1 aliphatic heterocycles. The number of hydrogen-bond acceptors (Lipinski definition) is 5. The quantitative estimate of drug-likeness (QED) is 0.797. The molecule has 116 valence electrons. The molecular weight excluding hydrogens is 288 g/mol. The Labute approximate surface area is 125 Å². The highest BCUT2D eigenvalue weighted by molar-refractivity contribution is 5.87. The van der Waals surface area contributed by atoms with Crippen LogP contribution in [0, 0.1) is 0 Å². The van der Waals surface area contributed by atoms with Gasteiger partial charge in [-0.2, -0.15) is 4.57 Å². The SMILES string of the molecule is COC(=O)n1c(=O)n(C2CCCCO2)c(=O)c2ccccc21. The highest BCUT2D eigenvalue weighted by atomic mass is 16.5. The molecule has 7 nitrogen and oxygen atoms in total. The largest absolute Gasteiger partial charge is 0.452 e. The molecule has 3 rings (SSSR count). The number of methoxy groups -OCH3 is 1. The summed E-state index contributed by atoms with van der Waals surface area (Å²) in [7, 11) is 1.19. The van der Waals surface area contributed by atoms with Gasteiger partial charge in [0.1, 0.15) is 6.23 Å². The van der Waals surface area contributed by atoms with Gasteiger partial charge in [-0.05, 0) is 31.4 Å². The molecule has 1 saturated heterocycles. The molecule has 2 aromatic rings. The van der Waals surface area contributed by atoms with E-state index in [4.69, 9.17) is 4.74 Å². The molecule has 1 atom stereocenters. The number of hydrogen-bond donors (Lipinski definition) is 0. The maximum Gasteiger partial charge on any atom is 0.422 e. The second-order valence-corrected chi connectivity index (χ2v) is 5.10. The first-order valence-electron chi connectivity index (χ1n) is 7.11. The van der Waals surface area contributed by atoms with Crippen molar-refractivity contribution in [1.82, 2.24) is 9.13 Å². The van der Waals surface area contributed by atoms with E-state index in [9.17, 15) is 14.4 Å². The van der Waals surface area contributed by atoms with E-state index in [0.29, 0.717) is 13.0 Å². The summed E-state index contributed by atoms with van der Waals surface area (Å²) in [4.78, 5) is 37.3. The van der Waals surface area contributed by atoms with E-state index >= 15 is 0 Å². The van der Waals surface area contributed by atoms with E-state index in [1.165, 1.54) is 7.11 Å². The van der Waals surface area contributed by atoms with Gasteiger partial charge in [0, 0.05) is 6.61 Å². The molecule has 1 unspecified atom stereocenters. The van der Waals surface area contributed by atoms with Gasteiger partial charge in [-0.15, -0.1) is 0 Å². The summed E-state index contributed by atoms with van der Waals surface area (Å²) in [5.41, 5.74) is -0.952. The third kappa shape index (κ3) is 2.23. The fourth-order valence-electron chi connectivity index (χ4n) is 2.73. The topological polar surface area (TPSA) is 79.5 Å². The van der Waals surface area contributed by atoms with E-state index in [-0.39, 0.29) is 10.9 Å². The zero-order valence-corrected chi connectivity index (χ0v) is 12.2. The zero-order chi connectivity index (χ0) is 15.7. The van der Waals surface area contributed by atoms with Crippen molar-refractivity contribution in [3.63, 3.8) is 0 Å². The first-order valence-corrected chi connectivity index (χ1v) is 7.11. The number of benzene rings is 1. The summed E-state index contributed by atoms with van der Waals surface area (Å²) >= 11 is 0.